The molecule has 2 aliphatic heterocycles. The number of aliphatic hydroxyl groups excluding tert-OH is 3. The third kappa shape index (κ3) is 4.32. The number of aromatic amines is 1. The highest BCUT2D eigenvalue weighted by Gasteiger charge is 2.69. The van der Waals surface area contributed by atoms with E-state index in [0.717, 1.165) is 5.57 Å². The standard InChI is InChI=1S/C28H37NO9/c1-14-11-15(2)28-16(12-20(31)27(34)36-21(14)8-10-30)6-7-17-22(28)23(32)18(13-35-3)24(25(17)38-28)37-26(33)19-5-4-9-29-19/h4-7,9,11,14,16-18,20-25,29-32H,8,10,12-13H2,1-3H3/b15-11+/t14-,16-,17-,18-,20+,21-,22+,23-,24-,25-,28+/m1/s1. The Morgan fingerprint density at radius 2 is 2.08 bits per heavy atom. The van der Waals surface area contributed by atoms with Crippen LogP contribution in [0, 0.1) is 29.6 Å². The Morgan fingerprint density at radius 1 is 1.29 bits per heavy atom. The predicted octanol–water partition coefficient (Wildman–Crippen LogP) is 1.37. The number of nitrogens with one attached hydrogen (secondary N) is 1. The summed E-state index contributed by atoms with van der Waals surface area (Å²) in [5.41, 5.74) is 0.0988. The van der Waals surface area contributed by atoms with E-state index in [0.29, 0.717) is 5.69 Å². The molecule has 10 heteroatoms. The number of carbonyl (C=O) groups is 2. The largest absolute Gasteiger partial charge is 0.460 e. The Kier molecular flexibility index (Phi) is 7.54. The summed E-state index contributed by atoms with van der Waals surface area (Å²) < 4.78 is 23.9. The number of H-pyrrole nitrogens is 1. The van der Waals surface area contributed by atoms with Crippen LogP contribution in [0.25, 0.3) is 0 Å². The molecule has 11 atom stereocenters. The van der Waals surface area contributed by atoms with Crippen molar-refractivity contribution in [2.75, 3.05) is 20.3 Å². The first kappa shape index (κ1) is 27.1. The van der Waals surface area contributed by atoms with Crippen LogP contribution in [0.2, 0.25) is 0 Å². The first-order valence-corrected chi connectivity index (χ1v) is 13.3. The van der Waals surface area contributed by atoms with Gasteiger partial charge in [0.2, 0.25) is 0 Å². The quantitative estimate of drug-likeness (QED) is 0.316. The molecule has 4 bridgehead atoms. The Balaban J connectivity index is 1.58. The summed E-state index contributed by atoms with van der Waals surface area (Å²) >= 11 is 0. The van der Waals surface area contributed by atoms with Crippen molar-refractivity contribution in [3.63, 3.8) is 0 Å². The third-order valence-corrected chi connectivity index (χ3v) is 8.86. The van der Waals surface area contributed by atoms with Crippen LogP contribution < -0.4 is 0 Å². The van der Waals surface area contributed by atoms with E-state index in [2.05, 4.69) is 4.98 Å². The molecule has 2 aliphatic carbocycles. The van der Waals surface area contributed by atoms with Crippen LogP contribution in [0.5, 0.6) is 0 Å². The number of hydrogen-bond acceptors (Lipinski definition) is 9. The molecule has 1 saturated carbocycles. The minimum atomic E-state index is -1.41. The smallest absolute Gasteiger partial charge is 0.355 e. The fraction of sp³-hybridized carbons (Fsp3) is 0.643. The van der Waals surface area contributed by atoms with Crippen LogP contribution in [-0.2, 0) is 23.7 Å². The zero-order valence-corrected chi connectivity index (χ0v) is 21.9. The van der Waals surface area contributed by atoms with E-state index in [1.165, 1.54) is 7.11 Å². The number of methoxy groups -OCH3 is 1. The van der Waals surface area contributed by atoms with Crippen molar-refractivity contribution >= 4 is 11.9 Å². The van der Waals surface area contributed by atoms with E-state index in [1.807, 2.05) is 32.1 Å². The lowest BCUT2D eigenvalue weighted by Crippen LogP contribution is -2.58. The normalized spacial score (nSPS) is 43.5. The molecule has 1 aromatic rings. The van der Waals surface area contributed by atoms with Gasteiger partial charge in [0.05, 0.1) is 12.7 Å². The summed E-state index contributed by atoms with van der Waals surface area (Å²) in [5.74, 6) is -3.23. The summed E-state index contributed by atoms with van der Waals surface area (Å²) in [6.07, 6.45) is 3.44. The monoisotopic (exact) mass is 531 g/mol. The van der Waals surface area contributed by atoms with Crippen molar-refractivity contribution in [2.24, 2.45) is 29.6 Å². The second kappa shape index (κ2) is 10.6. The van der Waals surface area contributed by atoms with E-state index < -0.39 is 65.8 Å². The molecule has 4 N–H and O–H groups in total. The zero-order chi connectivity index (χ0) is 27.2. The van der Waals surface area contributed by atoms with Gasteiger partial charge in [0, 0.05) is 55.9 Å². The van der Waals surface area contributed by atoms with Gasteiger partial charge >= 0.3 is 11.9 Å². The van der Waals surface area contributed by atoms with Crippen LogP contribution >= 0.6 is 0 Å². The molecule has 2 fully saturated rings. The number of aliphatic hydroxyl groups is 3. The van der Waals surface area contributed by atoms with E-state index in [9.17, 15) is 24.9 Å². The summed E-state index contributed by atoms with van der Waals surface area (Å²) in [5, 5.41) is 32.2. The topological polar surface area (TPSA) is 148 Å². The van der Waals surface area contributed by atoms with E-state index in [1.54, 1.807) is 18.3 Å². The summed E-state index contributed by atoms with van der Waals surface area (Å²) in [6.45, 7) is 3.81. The Morgan fingerprint density at radius 3 is 2.76 bits per heavy atom. The maximum Gasteiger partial charge on any atom is 0.355 e. The van der Waals surface area contributed by atoms with E-state index >= 15 is 0 Å². The minimum absolute atomic E-state index is 0.0330. The number of ether oxygens (including phenoxy) is 4. The summed E-state index contributed by atoms with van der Waals surface area (Å²) in [6, 6.07) is 3.33. The van der Waals surface area contributed by atoms with Gasteiger partial charge in [-0.25, -0.2) is 9.59 Å². The van der Waals surface area contributed by atoms with E-state index in [4.69, 9.17) is 18.9 Å². The molecule has 38 heavy (non-hydrogen) atoms. The van der Waals surface area contributed by atoms with Gasteiger partial charge in [-0.15, -0.1) is 0 Å². The molecule has 4 aliphatic rings. The first-order chi connectivity index (χ1) is 18.2. The molecule has 3 heterocycles. The van der Waals surface area contributed by atoms with Crippen molar-refractivity contribution < 1.29 is 43.9 Å². The molecular weight excluding hydrogens is 494 g/mol. The highest BCUT2D eigenvalue weighted by Crippen LogP contribution is 2.61. The second-order valence-corrected chi connectivity index (χ2v) is 11.0. The van der Waals surface area contributed by atoms with Crippen LogP contribution in [0.15, 0.2) is 42.1 Å². The first-order valence-electron chi connectivity index (χ1n) is 13.3. The molecule has 0 aromatic carbocycles. The third-order valence-electron chi connectivity index (χ3n) is 8.86. The zero-order valence-electron chi connectivity index (χ0n) is 21.9. The van der Waals surface area contributed by atoms with Crippen molar-refractivity contribution in [1.29, 1.82) is 0 Å². The Hall–Kier alpha value is -2.50. The molecule has 1 saturated heterocycles. The van der Waals surface area contributed by atoms with Crippen molar-refractivity contribution in [3.8, 4) is 0 Å². The molecule has 208 valence electrons. The Labute approximate surface area is 221 Å². The fourth-order valence-corrected chi connectivity index (χ4v) is 7.15. The number of esters is 2. The van der Waals surface area contributed by atoms with Crippen molar-refractivity contribution in [1.82, 2.24) is 4.98 Å². The lowest BCUT2D eigenvalue weighted by atomic mass is 9.57. The van der Waals surface area contributed by atoms with Gasteiger partial charge in [0.25, 0.3) is 0 Å². The molecule has 5 rings (SSSR count). The average molecular weight is 532 g/mol. The average Bonchev–Trinajstić information content (AvgIpc) is 3.49. The molecule has 1 spiro atoms. The van der Waals surface area contributed by atoms with Crippen molar-refractivity contribution in [3.05, 3.63) is 47.8 Å². The molecule has 1 aromatic heterocycles. The van der Waals surface area contributed by atoms with Crippen molar-refractivity contribution in [2.45, 2.75) is 62.8 Å². The maximum atomic E-state index is 13.0. The molecule has 10 nitrogen and oxygen atoms in total. The lowest BCUT2D eigenvalue weighted by molar-refractivity contribution is -0.164. The van der Waals surface area contributed by atoms with Gasteiger partial charge in [-0.3, -0.25) is 0 Å². The number of rotatable bonds is 6. The second-order valence-electron chi connectivity index (χ2n) is 11.0. The number of aromatic nitrogens is 1. The highest BCUT2D eigenvalue weighted by molar-refractivity contribution is 5.87. The Bertz CT molecular complexity index is 1080. The lowest BCUT2D eigenvalue weighted by Gasteiger charge is -2.49. The van der Waals surface area contributed by atoms with Gasteiger partial charge in [-0.05, 0) is 31.1 Å². The molecule has 0 unspecified atom stereocenters. The van der Waals surface area contributed by atoms with Gasteiger partial charge in [0.15, 0.2) is 6.10 Å². The minimum Gasteiger partial charge on any atom is -0.460 e. The van der Waals surface area contributed by atoms with Gasteiger partial charge < -0.3 is 39.3 Å². The number of carbonyl (C=O) groups excluding carboxylic acids is 2. The van der Waals surface area contributed by atoms with Crippen LogP contribution in [0.1, 0.15) is 37.2 Å². The van der Waals surface area contributed by atoms with Crippen LogP contribution in [-0.4, -0.2) is 88.7 Å². The summed E-state index contributed by atoms with van der Waals surface area (Å²) in [4.78, 5) is 28.6. The molecule has 0 amide bonds. The SMILES string of the molecule is COC[C@@H]1[C@@H](O)[C@@H]2[C@H]3C=C[C@@H]4C[C@H](O)C(=O)O[C@H](CCO)[C@H](C)/C=C(\C)[C@@]24O[C@H]3[C@@H]1OC(=O)c1ccc[nH]1. The molecular formula is C28H37NO9. The summed E-state index contributed by atoms with van der Waals surface area (Å²) in [7, 11) is 1.54. The van der Waals surface area contributed by atoms with Gasteiger partial charge in [-0.1, -0.05) is 25.2 Å². The highest BCUT2D eigenvalue weighted by atomic mass is 16.6. The predicted molar refractivity (Wildman–Crippen MR) is 134 cm³/mol. The number of hydrogen-bond donors (Lipinski definition) is 4. The van der Waals surface area contributed by atoms with Crippen LogP contribution in [0.3, 0.4) is 0 Å². The fourth-order valence-electron chi connectivity index (χ4n) is 7.15. The van der Waals surface area contributed by atoms with Gasteiger partial charge in [0.1, 0.15) is 29.6 Å². The van der Waals surface area contributed by atoms with E-state index in [-0.39, 0.29) is 37.9 Å². The van der Waals surface area contributed by atoms with Crippen LogP contribution in [0.4, 0.5) is 0 Å². The number of cyclic esters (lactones) is 1. The molecule has 0 radical (unpaired) electrons. The van der Waals surface area contributed by atoms with Gasteiger partial charge in [-0.2, -0.15) is 0 Å². The maximum absolute atomic E-state index is 13.0.